The number of para-hydroxylation sites is 1. The molecule has 2 heterocycles. The van der Waals surface area contributed by atoms with Gasteiger partial charge in [0.25, 0.3) is 0 Å². The van der Waals surface area contributed by atoms with Gasteiger partial charge in [-0.3, -0.25) is 4.79 Å². The third-order valence-electron chi connectivity index (χ3n) is 6.94. The summed E-state index contributed by atoms with van der Waals surface area (Å²) >= 11 is 0. The third kappa shape index (κ3) is 3.59. The maximum atomic E-state index is 14.0. The number of methoxy groups -OCH3 is 1. The van der Waals surface area contributed by atoms with Gasteiger partial charge in [0, 0.05) is 22.4 Å². The van der Waals surface area contributed by atoms with E-state index >= 15 is 0 Å². The first-order chi connectivity index (χ1) is 17.7. The van der Waals surface area contributed by atoms with Crippen molar-refractivity contribution in [1.82, 2.24) is 0 Å². The summed E-state index contributed by atoms with van der Waals surface area (Å²) in [5.74, 6) is 2.16. The number of fused-ring (bicyclic) bond motifs is 1. The normalized spacial score (nSPS) is 16.4. The van der Waals surface area contributed by atoms with Gasteiger partial charge < -0.3 is 14.5 Å². The Hall–Kier alpha value is -4.57. The summed E-state index contributed by atoms with van der Waals surface area (Å²) in [5.41, 5.74) is 4.59. The van der Waals surface area contributed by atoms with Crippen molar-refractivity contribution in [1.29, 1.82) is 0 Å². The zero-order chi connectivity index (χ0) is 24.5. The number of carbonyl (C=O) groups excluding carboxylic acids is 1. The molecule has 4 heteroatoms. The van der Waals surface area contributed by atoms with E-state index in [-0.39, 0.29) is 5.91 Å². The highest BCUT2D eigenvalue weighted by Crippen LogP contribution is 2.50. The van der Waals surface area contributed by atoms with Crippen molar-refractivity contribution in [2.45, 2.75) is 11.8 Å². The first-order valence-corrected chi connectivity index (χ1v) is 12.0. The van der Waals surface area contributed by atoms with E-state index in [0.29, 0.717) is 12.2 Å². The molecule has 6 rings (SSSR count). The molecule has 1 aliphatic heterocycles. The van der Waals surface area contributed by atoms with Crippen LogP contribution in [0.5, 0.6) is 5.75 Å². The van der Waals surface area contributed by atoms with Gasteiger partial charge in [-0.1, -0.05) is 91.0 Å². The Morgan fingerprint density at radius 1 is 0.750 bits per heavy atom. The fourth-order valence-electron chi connectivity index (χ4n) is 5.16. The van der Waals surface area contributed by atoms with Gasteiger partial charge in [-0.25, -0.2) is 0 Å². The van der Waals surface area contributed by atoms with Crippen LogP contribution in [0.3, 0.4) is 0 Å². The van der Waals surface area contributed by atoms with E-state index in [1.807, 2.05) is 115 Å². The Morgan fingerprint density at radius 3 is 2.08 bits per heavy atom. The van der Waals surface area contributed by atoms with Crippen LogP contribution in [0, 0.1) is 0 Å². The van der Waals surface area contributed by atoms with Crippen molar-refractivity contribution in [2.24, 2.45) is 0 Å². The molecule has 1 aliphatic rings. The van der Waals surface area contributed by atoms with Crippen LogP contribution in [0.2, 0.25) is 0 Å². The maximum absolute atomic E-state index is 14.0. The van der Waals surface area contributed by atoms with Gasteiger partial charge in [0.2, 0.25) is 5.91 Å². The Bertz CT molecular complexity index is 1520. The zero-order valence-corrected chi connectivity index (χ0v) is 19.9. The lowest BCUT2D eigenvalue weighted by Gasteiger charge is -2.28. The van der Waals surface area contributed by atoms with Crippen LogP contribution < -0.4 is 10.1 Å². The average molecular weight is 472 g/mol. The van der Waals surface area contributed by atoms with Gasteiger partial charge in [-0.15, -0.1) is 0 Å². The van der Waals surface area contributed by atoms with Crippen LogP contribution in [0.25, 0.3) is 22.6 Å². The van der Waals surface area contributed by atoms with Crippen molar-refractivity contribution in [3.05, 3.63) is 132 Å². The number of amides is 1. The molecule has 5 aromatic rings. The van der Waals surface area contributed by atoms with E-state index in [4.69, 9.17) is 9.15 Å². The lowest BCUT2D eigenvalue weighted by molar-refractivity contribution is -0.119. The van der Waals surface area contributed by atoms with Crippen LogP contribution in [-0.4, -0.2) is 13.0 Å². The number of hydrogen-bond donors (Lipinski definition) is 1. The molecule has 36 heavy (non-hydrogen) atoms. The van der Waals surface area contributed by atoms with E-state index in [2.05, 4.69) is 5.32 Å². The average Bonchev–Trinajstić information content (AvgIpc) is 3.50. The number of benzene rings is 4. The molecular formula is C32H25NO3. The highest BCUT2D eigenvalue weighted by molar-refractivity contribution is 6.10. The highest BCUT2D eigenvalue weighted by Gasteiger charge is 2.50. The number of anilines is 1. The summed E-state index contributed by atoms with van der Waals surface area (Å²) in [5, 5.41) is 3.15. The Morgan fingerprint density at radius 2 is 1.39 bits per heavy atom. The molecule has 1 aromatic heterocycles. The van der Waals surface area contributed by atoms with Crippen LogP contribution in [0.15, 0.2) is 120 Å². The molecule has 4 aromatic carbocycles. The second-order valence-electron chi connectivity index (χ2n) is 9.02. The quantitative estimate of drug-likeness (QED) is 0.287. The molecule has 0 spiro atoms. The summed E-state index contributed by atoms with van der Waals surface area (Å²) in [6, 6.07) is 37.9. The molecule has 0 unspecified atom stereocenters. The SMILES string of the molecule is COc1ccc(C[C@]2(c3cc(-c4ccccc4)oc3-c3ccccc3)C(=O)Nc3ccccc32)cc1. The number of carbonyl (C=O) groups is 1. The summed E-state index contributed by atoms with van der Waals surface area (Å²) in [6.45, 7) is 0. The Balaban J connectivity index is 1.62. The van der Waals surface area contributed by atoms with E-state index in [9.17, 15) is 4.79 Å². The largest absolute Gasteiger partial charge is 0.497 e. The standard InChI is InChI=1S/C32H25NO3/c1-35-25-18-16-22(17-19-25)21-32(26-14-8-9-15-28(26)33-31(32)34)27-20-29(23-10-4-2-5-11-23)36-30(27)24-12-6-3-7-13-24/h2-20H,21H2,1H3,(H,33,34)/t32-/m0/s1. The van der Waals surface area contributed by atoms with Gasteiger partial charge in [0.05, 0.1) is 7.11 Å². The number of furan rings is 1. The fourth-order valence-corrected chi connectivity index (χ4v) is 5.16. The van der Waals surface area contributed by atoms with Crippen molar-refractivity contribution in [3.8, 4) is 28.4 Å². The van der Waals surface area contributed by atoms with Gasteiger partial charge >= 0.3 is 0 Å². The maximum Gasteiger partial charge on any atom is 0.240 e. The summed E-state index contributed by atoms with van der Waals surface area (Å²) in [6.07, 6.45) is 0.480. The molecule has 0 fully saturated rings. The minimum atomic E-state index is -0.965. The molecular weight excluding hydrogens is 446 g/mol. The minimum absolute atomic E-state index is 0.0582. The molecule has 1 amide bonds. The second-order valence-corrected chi connectivity index (χ2v) is 9.02. The predicted octanol–water partition coefficient (Wildman–Crippen LogP) is 7.10. The van der Waals surface area contributed by atoms with Crippen LogP contribution >= 0.6 is 0 Å². The lowest BCUT2D eigenvalue weighted by Crippen LogP contribution is -2.38. The molecule has 0 aliphatic carbocycles. The first kappa shape index (κ1) is 21.9. The molecule has 0 saturated carbocycles. The first-order valence-electron chi connectivity index (χ1n) is 12.0. The van der Waals surface area contributed by atoms with Crippen LogP contribution in [-0.2, 0) is 16.6 Å². The van der Waals surface area contributed by atoms with Gasteiger partial charge in [-0.05, 0) is 41.8 Å². The molecule has 0 saturated heterocycles. The molecule has 4 nitrogen and oxygen atoms in total. The third-order valence-corrected chi connectivity index (χ3v) is 6.94. The summed E-state index contributed by atoms with van der Waals surface area (Å²) in [7, 11) is 1.65. The monoisotopic (exact) mass is 471 g/mol. The summed E-state index contributed by atoms with van der Waals surface area (Å²) in [4.78, 5) is 14.0. The Kier molecular flexibility index (Phi) is 5.42. The van der Waals surface area contributed by atoms with E-state index in [1.54, 1.807) is 7.11 Å². The van der Waals surface area contributed by atoms with Crippen LogP contribution in [0.4, 0.5) is 5.69 Å². The van der Waals surface area contributed by atoms with Gasteiger partial charge in [-0.2, -0.15) is 0 Å². The predicted molar refractivity (Wildman–Crippen MR) is 142 cm³/mol. The molecule has 1 atom stereocenters. The van der Waals surface area contributed by atoms with Crippen molar-refractivity contribution >= 4 is 11.6 Å². The van der Waals surface area contributed by atoms with E-state index in [0.717, 1.165) is 45.0 Å². The molecule has 1 N–H and O–H groups in total. The highest BCUT2D eigenvalue weighted by atomic mass is 16.5. The van der Waals surface area contributed by atoms with Gasteiger partial charge in [0.1, 0.15) is 22.7 Å². The molecule has 176 valence electrons. The number of ether oxygens (including phenoxy) is 1. The van der Waals surface area contributed by atoms with Crippen molar-refractivity contribution < 1.29 is 13.9 Å². The zero-order valence-electron chi connectivity index (χ0n) is 19.9. The van der Waals surface area contributed by atoms with Crippen molar-refractivity contribution in [2.75, 3.05) is 12.4 Å². The molecule has 0 radical (unpaired) electrons. The van der Waals surface area contributed by atoms with E-state index in [1.165, 1.54) is 0 Å². The topological polar surface area (TPSA) is 51.5 Å². The number of nitrogens with one attached hydrogen (secondary N) is 1. The number of rotatable bonds is 6. The fraction of sp³-hybridized carbons (Fsp3) is 0.0938. The summed E-state index contributed by atoms with van der Waals surface area (Å²) < 4.78 is 11.9. The number of hydrogen-bond acceptors (Lipinski definition) is 3. The second kappa shape index (κ2) is 8.90. The van der Waals surface area contributed by atoms with E-state index < -0.39 is 5.41 Å². The minimum Gasteiger partial charge on any atom is -0.497 e. The smallest absolute Gasteiger partial charge is 0.240 e. The van der Waals surface area contributed by atoms with Crippen molar-refractivity contribution in [3.63, 3.8) is 0 Å². The molecule has 0 bridgehead atoms. The lowest BCUT2D eigenvalue weighted by atomic mass is 9.70. The van der Waals surface area contributed by atoms with Gasteiger partial charge in [0.15, 0.2) is 0 Å². The van der Waals surface area contributed by atoms with Crippen LogP contribution in [0.1, 0.15) is 16.7 Å². The Labute approximate surface area is 210 Å².